The molecule has 0 aromatic heterocycles. The van der Waals surface area contributed by atoms with Crippen molar-refractivity contribution in [1.82, 2.24) is 0 Å². The number of rotatable bonds is 5. The molecular formula is C17H20O8. The SMILES string of the molecule is CC(=O)O[C@@H]1[C@@H](Oc2ccccc2)OC[C@H](OC(C)=O)[C@H]1OC(C)=O. The van der Waals surface area contributed by atoms with Gasteiger partial charge in [0.25, 0.3) is 0 Å². The van der Waals surface area contributed by atoms with Gasteiger partial charge in [0, 0.05) is 20.8 Å². The van der Waals surface area contributed by atoms with Gasteiger partial charge in [-0.2, -0.15) is 0 Å². The van der Waals surface area contributed by atoms with Gasteiger partial charge in [0.15, 0.2) is 12.2 Å². The molecule has 1 aliphatic heterocycles. The van der Waals surface area contributed by atoms with Crippen LogP contribution in [0, 0.1) is 0 Å². The van der Waals surface area contributed by atoms with Crippen molar-refractivity contribution in [3.63, 3.8) is 0 Å². The summed E-state index contributed by atoms with van der Waals surface area (Å²) in [4.78, 5) is 34.2. The summed E-state index contributed by atoms with van der Waals surface area (Å²) in [7, 11) is 0. The zero-order chi connectivity index (χ0) is 18.4. The number of hydrogen-bond acceptors (Lipinski definition) is 8. The minimum atomic E-state index is -1.10. The van der Waals surface area contributed by atoms with Crippen LogP contribution in [0.2, 0.25) is 0 Å². The topological polar surface area (TPSA) is 97.4 Å². The van der Waals surface area contributed by atoms with Crippen molar-refractivity contribution in [3.05, 3.63) is 30.3 Å². The van der Waals surface area contributed by atoms with E-state index in [0.717, 1.165) is 0 Å². The molecule has 1 aliphatic rings. The van der Waals surface area contributed by atoms with Gasteiger partial charge >= 0.3 is 17.9 Å². The molecule has 8 nitrogen and oxygen atoms in total. The number of carbonyl (C=O) groups excluding carboxylic acids is 3. The average molecular weight is 352 g/mol. The lowest BCUT2D eigenvalue weighted by atomic mass is 10.0. The first-order chi connectivity index (χ1) is 11.9. The van der Waals surface area contributed by atoms with Crippen molar-refractivity contribution in [2.24, 2.45) is 0 Å². The molecule has 0 amide bonds. The highest BCUT2D eigenvalue weighted by Gasteiger charge is 2.48. The first-order valence-corrected chi connectivity index (χ1v) is 7.71. The van der Waals surface area contributed by atoms with Gasteiger partial charge in [-0.25, -0.2) is 0 Å². The van der Waals surface area contributed by atoms with Gasteiger partial charge in [0.1, 0.15) is 5.75 Å². The fourth-order valence-corrected chi connectivity index (χ4v) is 2.44. The van der Waals surface area contributed by atoms with Crippen molar-refractivity contribution >= 4 is 17.9 Å². The molecule has 0 saturated carbocycles. The summed E-state index contributed by atoms with van der Waals surface area (Å²) in [5.41, 5.74) is 0. The number of hydrogen-bond donors (Lipinski definition) is 0. The first-order valence-electron chi connectivity index (χ1n) is 7.71. The zero-order valence-electron chi connectivity index (χ0n) is 14.2. The Labute approximate surface area is 144 Å². The zero-order valence-corrected chi connectivity index (χ0v) is 14.2. The van der Waals surface area contributed by atoms with Gasteiger partial charge in [-0.15, -0.1) is 0 Å². The molecule has 2 rings (SSSR count). The standard InChI is InChI=1S/C17H20O8/c1-10(18)22-14-9-21-17(25-13-7-5-4-6-8-13)16(24-12(3)20)15(14)23-11(2)19/h4-8,14-17H,9H2,1-3H3/t14-,15+,16-,17+/m0/s1. The van der Waals surface area contributed by atoms with Crippen LogP contribution in [-0.2, 0) is 33.3 Å². The lowest BCUT2D eigenvalue weighted by Crippen LogP contribution is -2.59. The van der Waals surface area contributed by atoms with Crippen LogP contribution in [0.5, 0.6) is 5.75 Å². The quantitative estimate of drug-likeness (QED) is 0.576. The van der Waals surface area contributed by atoms with Gasteiger partial charge in [-0.1, -0.05) is 18.2 Å². The molecule has 0 unspecified atom stereocenters. The minimum absolute atomic E-state index is 0.0766. The van der Waals surface area contributed by atoms with Crippen LogP contribution in [0.3, 0.4) is 0 Å². The summed E-state index contributed by atoms with van der Waals surface area (Å²) >= 11 is 0. The van der Waals surface area contributed by atoms with Crippen molar-refractivity contribution in [2.75, 3.05) is 6.61 Å². The Morgan fingerprint density at radius 3 is 2.00 bits per heavy atom. The molecule has 1 saturated heterocycles. The van der Waals surface area contributed by atoms with E-state index in [4.69, 9.17) is 23.7 Å². The van der Waals surface area contributed by atoms with Crippen molar-refractivity contribution in [2.45, 2.75) is 45.4 Å². The average Bonchev–Trinajstić information content (AvgIpc) is 2.52. The third-order valence-corrected chi connectivity index (χ3v) is 3.30. The molecule has 0 spiro atoms. The highest BCUT2D eigenvalue weighted by Crippen LogP contribution is 2.26. The number of ether oxygens (including phenoxy) is 5. The Kier molecular flexibility index (Phi) is 6.35. The number of esters is 3. The van der Waals surface area contributed by atoms with Gasteiger partial charge in [0.2, 0.25) is 12.4 Å². The van der Waals surface area contributed by atoms with Gasteiger partial charge in [-0.05, 0) is 12.1 Å². The molecule has 0 radical (unpaired) electrons. The summed E-state index contributed by atoms with van der Waals surface area (Å²) in [6, 6.07) is 8.76. The van der Waals surface area contributed by atoms with Crippen LogP contribution >= 0.6 is 0 Å². The monoisotopic (exact) mass is 352 g/mol. The number of para-hydroxylation sites is 1. The predicted molar refractivity (Wildman–Crippen MR) is 83.5 cm³/mol. The van der Waals surface area contributed by atoms with E-state index in [1.165, 1.54) is 20.8 Å². The van der Waals surface area contributed by atoms with Gasteiger partial charge in [-0.3, -0.25) is 14.4 Å². The van der Waals surface area contributed by atoms with E-state index >= 15 is 0 Å². The van der Waals surface area contributed by atoms with Gasteiger partial charge < -0.3 is 23.7 Å². The molecule has 1 heterocycles. The maximum Gasteiger partial charge on any atom is 0.303 e. The fraction of sp³-hybridized carbons (Fsp3) is 0.471. The Bertz CT molecular complexity index is 614. The molecule has 4 atom stereocenters. The van der Waals surface area contributed by atoms with E-state index in [9.17, 15) is 14.4 Å². The van der Waals surface area contributed by atoms with E-state index in [0.29, 0.717) is 5.75 Å². The lowest BCUT2D eigenvalue weighted by molar-refractivity contribution is -0.259. The van der Waals surface area contributed by atoms with Crippen LogP contribution < -0.4 is 4.74 Å². The molecule has 25 heavy (non-hydrogen) atoms. The van der Waals surface area contributed by atoms with E-state index in [1.807, 2.05) is 6.07 Å². The van der Waals surface area contributed by atoms with Crippen molar-refractivity contribution in [3.8, 4) is 5.75 Å². The second-order valence-corrected chi connectivity index (χ2v) is 5.43. The molecule has 1 aromatic rings. The highest BCUT2D eigenvalue weighted by atomic mass is 16.7. The first kappa shape index (κ1) is 18.7. The molecule has 1 aromatic carbocycles. The van der Waals surface area contributed by atoms with E-state index in [2.05, 4.69) is 0 Å². The molecular weight excluding hydrogens is 332 g/mol. The van der Waals surface area contributed by atoms with E-state index in [-0.39, 0.29) is 6.61 Å². The molecule has 1 fully saturated rings. The second-order valence-electron chi connectivity index (χ2n) is 5.43. The molecule has 0 N–H and O–H groups in total. The van der Waals surface area contributed by atoms with Crippen LogP contribution in [-0.4, -0.2) is 49.1 Å². The van der Waals surface area contributed by atoms with E-state index < -0.39 is 42.5 Å². The van der Waals surface area contributed by atoms with Crippen LogP contribution in [0.1, 0.15) is 20.8 Å². The lowest BCUT2D eigenvalue weighted by Gasteiger charge is -2.40. The normalized spacial score (nSPS) is 25.6. The highest BCUT2D eigenvalue weighted by molar-refractivity contribution is 5.68. The summed E-state index contributed by atoms with van der Waals surface area (Å²) in [6.07, 6.45) is -4.09. The third kappa shape index (κ3) is 5.46. The summed E-state index contributed by atoms with van der Waals surface area (Å²) in [6.45, 7) is 3.56. The van der Waals surface area contributed by atoms with Crippen molar-refractivity contribution < 1.29 is 38.1 Å². The minimum Gasteiger partial charge on any atom is -0.461 e. The summed E-state index contributed by atoms with van der Waals surface area (Å²) < 4.78 is 26.9. The maximum absolute atomic E-state index is 11.5. The summed E-state index contributed by atoms with van der Waals surface area (Å²) in [5.74, 6) is -1.32. The van der Waals surface area contributed by atoms with E-state index in [1.54, 1.807) is 24.3 Å². The molecule has 136 valence electrons. The molecule has 0 bridgehead atoms. The van der Waals surface area contributed by atoms with Gasteiger partial charge in [0.05, 0.1) is 6.61 Å². The fourth-order valence-electron chi connectivity index (χ4n) is 2.44. The van der Waals surface area contributed by atoms with Crippen LogP contribution in [0.4, 0.5) is 0 Å². The van der Waals surface area contributed by atoms with Crippen LogP contribution in [0.25, 0.3) is 0 Å². The van der Waals surface area contributed by atoms with Crippen molar-refractivity contribution in [1.29, 1.82) is 0 Å². The molecule has 8 heteroatoms. The number of carbonyl (C=O) groups is 3. The third-order valence-electron chi connectivity index (χ3n) is 3.30. The Hall–Kier alpha value is -2.61. The largest absolute Gasteiger partial charge is 0.461 e. The maximum atomic E-state index is 11.5. The number of benzene rings is 1. The Morgan fingerprint density at radius 1 is 0.880 bits per heavy atom. The second kappa shape index (κ2) is 8.48. The van der Waals surface area contributed by atoms with Crippen LogP contribution in [0.15, 0.2) is 30.3 Å². The predicted octanol–water partition coefficient (Wildman–Crippen LogP) is 1.22. The summed E-state index contributed by atoms with van der Waals surface area (Å²) in [5, 5.41) is 0. The smallest absolute Gasteiger partial charge is 0.303 e. The molecule has 0 aliphatic carbocycles. The Balaban J connectivity index is 2.25. The Morgan fingerprint density at radius 2 is 1.44 bits per heavy atom.